The third-order valence-electron chi connectivity index (χ3n) is 7.70. The number of methoxy groups -OCH3 is 1. The van der Waals surface area contributed by atoms with Gasteiger partial charge < -0.3 is 20.3 Å². The predicted molar refractivity (Wildman–Crippen MR) is 136 cm³/mol. The number of halogens is 2. The van der Waals surface area contributed by atoms with E-state index in [1.54, 1.807) is 30.7 Å². The molecule has 0 radical (unpaired) electrons. The van der Waals surface area contributed by atoms with E-state index in [2.05, 4.69) is 37.6 Å². The zero-order chi connectivity index (χ0) is 26.4. The Hall–Kier alpha value is -3.83. The zero-order valence-electron chi connectivity index (χ0n) is 21.3. The van der Waals surface area contributed by atoms with Crippen LogP contribution < -0.4 is 20.3 Å². The topological polar surface area (TPSA) is 110 Å². The van der Waals surface area contributed by atoms with Crippen molar-refractivity contribution in [1.29, 1.82) is 0 Å². The molecule has 38 heavy (non-hydrogen) atoms. The van der Waals surface area contributed by atoms with Crippen molar-refractivity contribution in [1.82, 2.24) is 30.0 Å². The monoisotopic (exact) mass is 524 g/mol. The molecule has 2 N–H and O–H groups in total. The first-order chi connectivity index (χ1) is 18.4. The number of carbonyl (C=O) groups excluding carboxylic acids is 1. The van der Waals surface area contributed by atoms with Crippen LogP contribution in [0.2, 0.25) is 0 Å². The van der Waals surface area contributed by atoms with Crippen LogP contribution >= 0.6 is 0 Å². The molecule has 10 nitrogen and oxygen atoms in total. The highest BCUT2D eigenvalue weighted by molar-refractivity contribution is 5.95. The number of amides is 1. The molecule has 3 aliphatic rings. The van der Waals surface area contributed by atoms with Gasteiger partial charge in [-0.3, -0.25) is 9.36 Å². The van der Waals surface area contributed by atoms with E-state index in [9.17, 15) is 13.6 Å². The number of ether oxygens (including phenoxy) is 1. The fraction of sp³-hybridized carbons (Fsp3) is 0.500. The van der Waals surface area contributed by atoms with Crippen LogP contribution in [0.25, 0.3) is 5.69 Å². The van der Waals surface area contributed by atoms with Crippen LogP contribution in [0.1, 0.15) is 74.1 Å². The van der Waals surface area contributed by atoms with E-state index >= 15 is 0 Å². The second-order valence-electron chi connectivity index (χ2n) is 10.2. The standard InChI is InChI=1S/C26H30F2N8O2/c1-3-19-23-34-30-14-35(23)20-13-29-25(33-22(20)36(19)17-6-4-5-7-17)32-18-9-8-15(10-21(18)38-2)24(37)31-16-11-26(27,28)12-16/h8-10,13-14,16-17,19H,3-7,11-12H2,1-2H3,(H,31,37)(H,29,32,33). The minimum Gasteiger partial charge on any atom is -0.495 e. The number of anilines is 3. The number of aromatic nitrogens is 5. The molecule has 1 aromatic carbocycles. The van der Waals surface area contributed by atoms with Crippen molar-refractivity contribution in [2.45, 2.75) is 75.9 Å². The van der Waals surface area contributed by atoms with E-state index in [1.165, 1.54) is 20.0 Å². The van der Waals surface area contributed by atoms with Crippen molar-refractivity contribution in [3.63, 3.8) is 0 Å². The van der Waals surface area contributed by atoms with Gasteiger partial charge in [0.25, 0.3) is 11.8 Å². The van der Waals surface area contributed by atoms with E-state index in [-0.39, 0.29) is 18.9 Å². The van der Waals surface area contributed by atoms with E-state index < -0.39 is 17.9 Å². The third-order valence-corrected chi connectivity index (χ3v) is 7.70. The molecule has 2 aromatic heterocycles. The van der Waals surface area contributed by atoms with E-state index in [1.807, 2.05) is 4.57 Å². The lowest BCUT2D eigenvalue weighted by Crippen LogP contribution is -2.50. The van der Waals surface area contributed by atoms with Gasteiger partial charge in [-0.05, 0) is 37.5 Å². The van der Waals surface area contributed by atoms with Crippen LogP contribution in [0.4, 0.5) is 26.2 Å². The lowest BCUT2D eigenvalue weighted by Gasteiger charge is -2.40. The smallest absolute Gasteiger partial charge is 0.252 e. The van der Waals surface area contributed by atoms with Crippen molar-refractivity contribution in [2.75, 3.05) is 17.3 Å². The first-order valence-corrected chi connectivity index (χ1v) is 13.1. The highest BCUT2D eigenvalue weighted by Crippen LogP contribution is 2.43. The highest BCUT2D eigenvalue weighted by atomic mass is 19.3. The number of alkyl halides is 2. The van der Waals surface area contributed by atoms with Crippen molar-refractivity contribution in [2.24, 2.45) is 0 Å². The molecule has 1 aliphatic heterocycles. The number of carbonyl (C=O) groups is 1. The summed E-state index contributed by atoms with van der Waals surface area (Å²) in [6, 6.07) is 4.82. The normalized spacial score (nSPS) is 20.4. The molecule has 2 fully saturated rings. The zero-order valence-corrected chi connectivity index (χ0v) is 21.3. The molecule has 1 atom stereocenters. The molecule has 0 bridgehead atoms. The van der Waals surface area contributed by atoms with Crippen LogP contribution in [-0.4, -0.2) is 55.8 Å². The van der Waals surface area contributed by atoms with E-state index in [0.29, 0.717) is 29.0 Å². The van der Waals surface area contributed by atoms with Gasteiger partial charge in [-0.1, -0.05) is 19.8 Å². The second-order valence-corrected chi connectivity index (χ2v) is 10.2. The van der Waals surface area contributed by atoms with Crippen LogP contribution in [0, 0.1) is 0 Å². The molecular weight excluding hydrogens is 494 g/mol. The average molecular weight is 525 g/mol. The molecule has 200 valence electrons. The first kappa shape index (κ1) is 24.5. The van der Waals surface area contributed by atoms with Crippen LogP contribution in [0.3, 0.4) is 0 Å². The molecule has 2 saturated carbocycles. The summed E-state index contributed by atoms with van der Waals surface area (Å²) in [6.07, 6.45) is 8.27. The summed E-state index contributed by atoms with van der Waals surface area (Å²) < 4.78 is 33.8. The molecule has 2 aliphatic carbocycles. The summed E-state index contributed by atoms with van der Waals surface area (Å²) in [4.78, 5) is 24.5. The third kappa shape index (κ3) is 4.31. The molecule has 1 amide bonds. The van der Waals surface area contributed by atoms with Crippen LogP contribution in [0.15, 0.2) is 30.7 Å². The Bertz CT molecular complexity index is 1350. The fourth-order valence-electron chi connectivity index (χ4n) is 5.79. The number of rotatable bonds is 7. The quantitative estimate of drug-likeness (QED) is 0.463. The van der Waals surface area contributed by atoms with E-state index in [4.69, 9.17) is 9.72 Å². The Balaban J connectivity index is 1.27. The molecule has 1 unspecified atom stereocenters. The molecule has 0 saturated heterocycles. The SMILES string of the molecule is CCC1c2nncn2-c2cnc(Nc3ccc(C(=O)NC4CC(F)(F)C4)cc3OC)nc2N1C1CCCC1. The highest BCUT2D eigenvalue weighted by Gasteiger charge is 2.46. The lowest BCUT2D eigenvalue weighted by molar-refractivity contribution is -0.0901. The maximum atomic E-state index is 13.1. The van der Waals surface area contributed by atoms with Crippen LogP contribution in [-0.2, 0) is 0 Å². The van der Waals surface area contributed by atoms with Gasteiger partial charge in [-0.25, -0.2) is 13.8 Å². The summed E-state index contributed by atoms with van der Waals surface area (Å²) in [5.41, 5.74) is 1.75. The van der Waals surface area contributed by atoms with Gasteiger partial charge in [0.1, 0.15) is 17.8 Å². The Morgan fingerprint density at radius 3 is 2.74 bits per heavy atom. The summed E-state index contributed by atoms with van der Waals surface area (Å²) in [6.45, 7) is 2.15. The van der Waals surface area contributed by atoms with Gasteiger partial charge in [0.15, 0.2) is 11.6 Å². The van der Waals surface area contributed by atoms with Gasteiger partial charge in [0, 0.05) is 30.5 Å². The van der Waals surface area contributed by atoms with Crippen LogP contribution in [0.5, 0.6) is 5.75 Å². The Morgan fingerprint density at radius 2 is 2.03 bits per heavy atom. The molecule has 6 rings (SSSR count). The maximum Gasteiger partial charge on any atom is 0.252 e. The molecule has 12 heteroatoms. The number of fused-ring (bicyclic) bond motifs is 3. The fourth-order valence-corrected chi connectivity index (χ4v) is 5.79. The number of hydrogen-bond donors (Lipinski definition) is 2. The molecule has 3 heterocycles. The van der Waals surface area contributed by atoms with E-state index in [0.717, 1.165) is 36.6 Å². The Labute approximate surface area is 218 Å². The van der Waals surface area contributed by atoms with Crippen molar-refractivity contribution in [3.8, 4) is 11.4 Å². The summed E-state index contributed by atoms with van der Waals surface area (Å²) in [5, 5.41) is 14.5. The Morgan fingerprint density at radius 1 is 1.24 bits per heavy atom. The molecule has 3 aromatic rings. The summed E-state index contributed by atoms with van der Waals surface area (Å²) in [5.74, 6) is -0.567. The van der Waals surface area contributed by atoms with Gasteiger partial charge in [-0.2, -0.15) is 4.98 Å². The maximum absolute atomic E-state index is 13.1. The summed E-state index contributed by atoms with van der Waals surface area (Å²) >= 11 is 0. The number of hydrogen-bond acceptors (Lipinski definition) is 8. The van der Waals surface area contributed by atoms with Gasteiger partial charge in [0.05, 0.1) is 25.0 Å². The number of benzene rings is 1. The van der Waals surface area contributed by atoms with Crippen molar-refractivity contribution >= 4 is 23.4 Å². The minimum atomic E-state index is -2.70. The van der Waals surface area contributed by atoms with Crippen molar-refractivity contribution in [3.05, 3.63) is 42.1 Å². The number of nitrogens with zero attached hydrogens (tertiary/aromatic N) is 6. The first-order valence-electron chi connectivity index (χ1n) is 13.1. The summed E-state index contributed by atoms with van der Waals surface area (Å²) in [7, 11) is 1.50. The average Bonchev–Trinajstić information content (AvgIpc) is 3.59. The lowest BCUT2D eigenvalue weighted by atomic mass is 9.88. The largest absolute Gasteiger partial charge is 0.495 e. The number of nitrogens with one attached hydrogen (secondary N) is 2. The predicted octanol–water partition coefficient (Wildman–Crippen LogP) is 4.55. The molecule has 0 spiro atoms. The van der Waals surface area contributed by atoms with Gasteiger partial charge in [-0.15, -0.1) is 10.2 Å². The van der Waals surface area contributed by atoms with Gasteiger partial charge in [0.2, 0.25) is 5.95 Å². The Kier molecular flexibility index (Phi) is 6.11. The minimum absolute atomic E-state index is 0.0683. The van der Waals surface area contributed by atoms with Gasteiger partial charge >= 0.3 is 0 Å². The van der Waals surface area contributed by atoms with Crippen molar-refractivity contribution < 1.29 is 18.3 Å². The molecular formula is C26H30F2N8O2. The second kappa shape index (κ2) is 9.48.